The van der Waals surface area contributed by atoms with Crippen molar-refractivity contribution < 1.29 is 30.5 Å². The minimum Gasteiger partial charge on any atom is -0.0622 e. The first kappa shape index (κ1) is 45.5. The van der Waals surface area contributed by atoms with Crippen molar-refractivity contribution in [3.63, 3.8) is 0 Å². The number of nitrogens with zero attached hydrogens (tertiary/aromatic N) is 3. The molecule has 4 heterocycles. The van der Waals surface area contributed by atoms with Gasteiger partial charge in [-0.25, -0.2) is 0 Å². The van der Waals surface area contributed by atoms with Crippen molar-refractivity contribution >= 4 is 75.4 Å². The number of fused-ring (bicyclic) bond motifs is 6. The van der Waals surface area contributed by atoms with Gasteiger partial charge in [-0.05, 0) is 11.1 Å². The Bertz CT molecular complexity index is 3780. The van der Waals surface area contributed by atoms with Crippen LogP contribution >= 0.6 is 0 Å². The van der Waals surface area contributed by atoms with E-state index >= 15 is 0 Å². The predicted octanol–water partition coefficient (Wildman–Crippen LogP) is 13.7. The molecule has 0 atom stereocenters. The Balaban J connectivity index is 0.00000530. The molecule has 0 saturated heterocycles. The predicted molar refractivity (Wildman–Crippen MR) is 293 cm³/mol. The molecule has 0 amide bonds. The summed E-state index contributed by atoms with van der Waals surface area (Å²) in [5.74, 6) is 3.85. The van der Waals surface area contributed by atoms with E-state index in [1.54, 1.807) is 0 Å². The van der Waals surface area contributed by atoms with E-state index < -0.39 is 13.3 Å². The van der Waals surface area contributed by atoms with Crippen LogP contribution < -0.4 is 37.3 Å². The molecule has 0 fully saturated rings. The molecular formula is C64H47GeN4O2Pt-3. The minimum absolute atomic E-state index is 0. The zero-order valence-electron chi connectivity index (χ0n) is 39.9. The summed E-state index contributed by atoms with van der Waals surface area (Å²) in [6, 6.07) is 79.8. The van der Waals surface area contributed by atoms with Gasteiger partial charge in [0.05, 0.1) is 0 Å². The van der Waals surface area contributed by atoms with E-state index in [0.29, 0.717) is 11.5 Å². The first-order valence-corrected chi connectivity index (χ1v) is 28.2. The molecule has 2 aliphatic rings. The number of para-hydroxylation sites is 5. The monoisotopic (exact) mass is 1170 g/mol. The fourth-order valence-electron chi connectivity index (χ4n) is 11.0. The number of benzene rings is 9. The van der Waals surface area contributed by atoms with Gasteiger partial charge in [-0.15, -0.1) is 0 Å². The summed E-state index contributed by atoms with van der Waals surface area (Å²) in [7, 11) is 4.74. The molecule has 2 aromatic heterocycles. The molecule has 2 aliphatic heterocycles. The van der Waals surface area contributed by atoms with E-state index in [-0.39, 0.29) is 26.5 Å². The maximum absolute atomic E-state index is 7.04. The third-order valence-electron chi connectivity index (χ3n) is 14.2. The van der Waals surface area contributed by atoms with Gasteiger partial charge in [0, 0.05) is 32.2 Å². The zero-order chi connectivity index (χ0) is 47.8. The number of rotatable bonds is 9. The van der Waals surface area contributed by atoms with Crippen LogP contribution in [0.15, 0.2) is 212 Å². The van der Waals surface area contributed by atoms with Gasteiger partial charge >= 0.3 is 318 Å². The second-order valence-electron chi connectivity index (χ2n) is 19.3. The molecule has 1 N–H and O–H groups in total. The van der Waals surface area contributed by atoms with Gasteiger partial charge in [0.1, 0.15) is 0 Å². The molecule has 0 saturated carbocycles. The second kappa shape index (κ2) is 17.9. The minimum atomic E-state index is -3.77. The smallest absolute Gasteiger partial charge is 0.0622 e. The number of hydrogen-bond donors (Lipinski definition) is 1. The van der Waals surface area contributed by atoms with E-state index in [4.69, 9.17) is 21.5 Å². The fourth-order valence-corrected chi connectivity index (χ4v) is 22.3. The molecule has 6 nitrogen and oxygen atoms in total. The molecule has 72 heavy (non-hydrogen) atoms. The van der Waals surface area contributed by atoms with Crippen LogP contribution in [0.1, 0.15) is 26.3 Å². The Morgan fingerprint density at radius 2 is 1.21 bits per heavy atom. The molecule has 352 valence electrons. The third-order valence-corrected chi connectivity index (χ3v) is 24.4. The Morgan fingerprint density at radius 3 is 1.90 bits per heavy atom. The van der Waals surface area contributed by atoms with Crippen LogP contribution in [0.2, 0.25) is 0 Å². The van der Waals surface area contributed by atoms with Gasteiger partial charge in [-0.2, -0.15) is 0 Å². The number of pyridine rings is 1. The summed E-state index contributed by atoms with van der Waals surface area (Å²) in [5, 5.41) is 6.17. The van der Waals surface area contributed by atoms with Crippen LogP contribution in [0.3, 0.4) is 0 Å². The Hall–Kier alpha value is -7.64. The molecule has 11 aromatic rings. The van der Waals surface area contributed by atoms with Crippen LogP contribution in [-0.4, -0.2) is 22.8 Å². The Labute approximate surface area is 437 Å². The van der Waals surface area contributed by atoms with Gasteiger partial charge in [0.25, 0.3) is 0 Å². The van der Waals surface area contributed by atoms with E-state index in [1.807, 2.05) is 47.5 Å². The molecule has 9 aromatic carbocycles. The average Bonchev–Trinajstić information content (AvgIpc) is 3.90. The molecule has 0 bridgehead atoms. The van der Waals surface area contributed by atoms with Crippen LogP contribution in [0.5, 0.6) is 23.0 Å². The number of aromatic nitrogens is 2. The SMILES string of the molecule is [CH2-]N(c1ccccc1Nc1[c-]c(Oc2[c-]c3c4[c](c2)[Ge]2([c]5ccccc5Oc5cccc[c]52)[c]2cccc(c24)n3-c2cc(C(C)(C)C)ccn2)ccc1)c1c(-c2ccccc2)cccc1-c1ccccc1.[Pt]. The first-order chi connectivity index (χ1) is 34.8. The number of anilines is 4. The number of ether oxygens (including phenoxy) is 2. The molecule has 0 radical (unpaired) electrons. The molecule has 13 rings (SSSR count). The fraction of sp³-hybridized carbons (Fsp3) is 0.0625. The summed E-state index contributed by atoms with van der Waals surface area (Å²) < 4.78 is 21.3. The van der Waals surface area contributed by atoms with E-state index in [9.17, 15) is 0 Å². The summed E-state index contributed by atoms with van der Waals surface area (Å²) in [5.41, 5.74) is 11.1. The number of nitrogens with one attached hydrogen (secondary N) is 1. The van der Waals surface area contributed by atoms with Crippen molar-refractivity contribution in [1.29, 1.82) is 0 Å². The van der Waals surface area contributed by atoms with Gasteiger partial charge in [0.2, 0.25) is 0 Å². The molecule has 1 spiro atoms. The van der Waals surface area contributed by atoms with Crippen molar-refractivity contribution in [2.75, 3.05) is 10.2 Å². The van der Waals surface area contributed by atoms with E-state index in [0.717, 1.165) is 73.4 Å². The van der Waals surface area contributed by atoms with Gasteiger partial charge in [-0.1, -0.05) is 78.9 Å². The van der Waals surface area contributed by atoms with Gasteiger partial charge in [-0.3, -0.25) is 0 Å². The van der Waals surface area contributed by atoms with Gasteiger partial charge in [0.15, 0.2) is 0 Å². The average molecular weight is 1170 g/mol. The quantitative estimate of drug-likeness (QED) is 0.115. The zero-order valence-corrected chi connectivity index (χ0v) is 44.3. The number of hydrogen-bond acceptors (Lipinski definition) is 5. The van der Waals surface area contributed by atoms with Crippen LogP contribution in [0, 0.1) is 19.2 Å². The van der Waals surface area contributed by atoms with E-state index in [1.165, 1.54) is 33.9 Å². The van der Waals surface area contributed by atoms with Crippen molar-refractivity contribution in [3.05, 3.63) is 237 Å². The topological polar surface area (TPSA) is 51.6 Å². The van der Waals surface area contributed by atoms with Crippen LogP contribution in [0.4, 0.5) is 22.7 Å². The van der Waals surface area contributed by atoms with E-state index in [2.05, 4.69) is 213 Å². The Morgan fingerprint density at radius 1 is 0.597 bits per heavy atom. The van der Waals surface area contributed by atoms with Crippen molar-refractivity contribution in [1.82, 2.24) is 9.55 Å². The molecule has 0 unspecified atom stereocenters. The first-order valence-electron chi connectivity index (χ1n) is 24.0. The van der Waals surface area contributed by atoms with Gasteiger partial charge < -0.3 is 0 Å². The molecule has 0 aliphatic carbocycles. The maximum atomic E-state index is 7.04. The van der Waals surface area contributed by atoms with Crippen LogP contribution in [0.25, 0.3) is 49.9 Å². The Kier molecular flexibility index (Phi) is 11.3. The van der Waals surface area contributed by atoms with Crippen LogP contribution in [-0.2, 0) is 26.5 Å². The standard InChI is InChI=1S/C64H47GeN4O2.Pt/c1-64(2,3)44-36-37-66-60(38-44)69-56-33-19-30-52-61(56)62-53(65(52)50-28-11-15-34-58(50)71-59-35-16-12-29-51(59)65)40-47(41-57(62)69)70-46-25-17-24-45(39-46)67-54-31-13-14-32-55(54)68(4)63-48(42-20-7-5-8-21-42)26-18-27-49(63)43-22-9-6-10-23-43;/h5-38,40,67H,4H2,1-3H3;/q-3;. The van der Waals surface area contributed by atoms with Crippen molar-refractivity contribution in [2.24, 2.45) is 0 Å². The molecular weight excluding hydrogens is 1120 g/mol. The third kappa shape index (κ3) is 7.30. The summed E-state index contributed by atoms with van der Waals surface area (Å²) in [6.07, 6.45) is 1.93. The second-order valence-corrected chi connectivity index (χ2v) is 27.0. The summed E-state index contributed by atoms with van der Waals surface area (Å²) in [6.45, 7) is 6.73. The van der Waals surface area contributed by atoms with Crippen molar-refractivity contribution in [2.45, 2.75) is 26.2 Å². The summed E-state index contributed by atoms with van der Waals surface area (Å²) in [4.78, 5) is 7.09. The molecule has 8 heteroatoms. The summed E-state index contributed by atoms with van der Waals surface area (Å²) >= 11 is -3.77. The normalized spacial score (nSPS) is 12.8. The van der Waals surface area contributed by atoms with Crippen molar-refractivity contribution in [3.8, 4) is 51.1 Å².